The minimum Gasteiger partial charge on any atom is -0.250 e. The van der Waals surface area contributed by atoms with Gasteiger partial charge in [0.05, 0.1) is 16.1 Å². The van der Waals surface area contributed by atoms with Crippen LogP contribution in [0.4, 0.5) is 0 Å². The van der Waals surface area contributed by atoms with Crippen molar-refractivity contribution in [1.82, 2.24) is 14.8 Å². The second-order valence-electron chi connectivity index (χ2n) is 3.16. The summed E-state index contributed by atoms with van der Waals surface area (Å²) in [6.45, 7) is 7.89. The first-order valence-corrected chi connectivity index (χ1v) is 5.43. The van der Waals surface area contributed by atoms with Crippen LogP contribution < -0.4 is 0 Å². The number of hydrogen-bond donors (Lipinski definition) is 0. The van der Waals surface area contributed by atoms with Crippen molar-refractivity contribution < 1.29 is 0 Å². The van der Waals surface area contributed by atoms with E-state index < -0.39 is 0 Å². The largest absolute Gasteiger partial charge is 0.250 e. The molecule has 2 heterocycles. The van der Waals surface area contributed by atoms with Gasteiger partial charge in [-0.2, -0.15) is 5.10 Å². The Kier molecular flexibility index (Phi) is 3.69. The molecule has 0 atom stereocenters. The number of fused-ring (bicyclic) bond motifs is 1. The molecule has 2 aromatic rings. The van der Waals surface area contributed by atoms with E-state index in [1.54, 1.807) is 10.9 Å². The molecule has 0 radical (unpaired) electrons. The Bertz CT molecular complexity index is 474. The molecule has 2 aromatic heterocycles. The number of nitrogens with zero attached hydrogens (tertiary/aromatic N) is 3. The zero-order valence-electron chi connectivity index (χ0n) is 9.80. The van der Waals surface area contributed by atoms with Gasteiger partial charge in [-0.1, -0.05) is 25.4 Å². The van der Waals surface area contributed by atoms with E-state index in [1.165, 1.54) is 0 Å². The molecule has 0 saturated carbocycles. The summed E-state index contributed by atoms with van der Waals surface area (Å²) in [7, 11) is 1.87. The molecule has 0 aliphatic heterocycles. The molecule has 0 fully saturated rings. The fourth-order valence-corrected chi connectivity index (χ4v) is 1.73. The Labute approximate surface area is 95.1 Å². The van der Waals surface area contributed by atoms with Gasteiger partial charge < -0.3 is 0 Å². The second kappa shape index (κ2) is 4.62. The van der Waals surface area contributed by atoms with Gasteiger partial charge in [0, 0.05) is 13.2 Å². The molecule has 15 heavy (non-hydrogen) atoms. The number of aromatic nitrogens is 3. The van der Waals surface area contributed by atoms with Gasteiger partial charge >= 0.3 is 0 Å². The molecule has 0 N–H and O–H groups in total. The van der Waals surface area contributed by atoms with Gasteiger partial charge in [-0.3, -0.25) is 4.68 Å². The monoisotopic (exact) mass is 225 g/mol. The minimum absolute atomic E-state index is 0.760. The molecule has 2 rings (SSSR count). The van der Waals surface area contributed by atoms with Crippen molar-refractivity contribution in [3.05, 3.63) is 22.5 Å². The number of aryl methyl sites for hydroxylation is 3. The molecule has 82 valence electrons. The highest BCUT2D eigenvalue weighted by molar-refractivity contribution is 6.36. The normalized spacial score (nSPS) is 10.0. The maximum atomic E-state index is 6.15. The van der Waals surface area contributed by atoms with Crippen LogP contribution in [0.5, 0.6) is 0 Å². The van der Waals surface area contributed by atoms with Crippen LogP contribution in [0.3, 0.4) is 0 Å². The molecule has 0 aromatic carbocycles. The van der Waals surface area contributed by atoms with Crippen molar-refractivity contribution in [1.29, 1.82) is 0 Å². The lowest BCUT2D eigenvalue weighted by molar-refractivity contribution is 0.773. The Hall–Kier alpha value is -1.09. The summed E-state index contributed by atoms with van der Waals surface area (Å²) in [5.74, 6) is 0. The van der Waals surface area contributed by atoms with Crippen LogP contribution in [-0.4, -0.2) is 14.8 Å². The van der Waals surface area contributed by atoms with Gasteiger partial charge in [-0.25, -0.2) is 4.98 Å². The van der Waals surface area contributed by atoms with E-state index in [4.69, 9.17) is 11.6 Å². The summed E-state index contributed by atoms with van der Waals surface area (Å²) in [6.07, 6.45) is 1.77. The maximum absolute atomic E-state index is 6.15. The SMILES string of the molecule is CC.Cc1cnc2c(c(C)nn2C)c1Cl. The lowest BCUT2D eigenvalue weighted by Gasteiger charge is -1.98. The molecule has 0 spiro atoms. The van der Waals surface area contributed by atoms with E-state index in [1.807, 2.05) is 34.7 Å². The van der Waals surface area contributed by atoms with Crippen LogP contribution >= 0.6 is 11.6 Å². The van der Waals surface area contributed by atoms with Gasteiger partial charge in [-0.05, 0) is 19.4 Å². The number of pyridine rings is 1. The fraction of sp³-hybridized carbons (Fsp3) is 0.455. The van der Waals surface area contributed by atoms with Gasteiger partial charge in [0.15, 0.2) is 5.65 Å². The fourth-order valence-electron chi connectivity index (χ4n) is 1.46. The van der Waals surface area contributed by atoms with Crippen molar-refractivity contribution in [2.75, 3.05) is 0 Å². The van der Waals surface area contributed by atoms with Gasteiger partial charge in [-0.15, -0.1) is 0 Å². The molecule has 0 aliphatic rings. The van der Waals surface area contributed by atoms with Crippen molar-refractivity contribution >= 4 is 22.6 Å². The number of hydrogen-bond acceptors (Lipinski definition) is 2. The topological polar surface area (TPSA) is 30.7 Å². The predicted molar refractivity (Wildman–Crippen MR) is 64.3 cm³/mol. The predicted octanol–water partition coefficient (Wildman–Crippen LogP) is 3.26. The van der Waals surface area contributed by atoms with Crippen LogP contribution in [-0.2, 0) is 7.05 Å². The summed E-state index contributed by atoms with van der Waals surface area (Å²) >= 11 is 6.15. The first-order valence-electron chi connectivity index (χ1n) is 5.05. The molecule has 0 amide bonds. The number of halogens is 1. The average molecular weight is 226 g/mol. The Morgan fingerprint density at radius 3 is 2.47 bits per heavy atom. The highest BCUT2D eigenvalue weighted by Crippen LogP contribution is 2.26. The van der Waals surface area contributed by atoms with Crippen LogP contribution in [0.2, 0.25) is 5.02 Å². The Morgan fingerprint density at radius 1 is 1.27 bits per heavy atom. The zero-order valence-corrected chi connectivity index (χ0v) is 10.6. The maximum Gasteiger partial charge on any atom is 0.159 e. The summed E-state index contributed by atoms with van der Waals surface area (Å²) in [4.78, 5) is 4.28. The van der Waals surface area contributed by atoms with E-state index in [9.17, 15) is 0 Å². The second-order valence-corrected chi connectivity index (χ2v) is 3.54. The summed E-state index contributed by atoms with van der Waals surface area (Å²) < 4.78 is 1.75. The first kappa shape index (κ1) is 12.0. The average Bonchev–Trinajstić information content (AvgIpc) is 2.51. The molecular weight excluding hydrogens is 210 g/mol. The molecule has 0 saturated heterocycles. The van der Waals surface area contributed by atoms with Crippen molar-refractivity contribution in [3.63, 3.8) is 0 Å². The van der Waals surface area contributed by atoms with Gasteiger partial charge in [0.2, 0.25) is 0 Å². The number of rotatable bonds is 0. The summed E-state index contributed by atoms with van der Waals surface area (Å²) in [5.41, 5.74) is 2.76. The molecule has 3 nitrogen and oxygen atoms in total. The molecule has 0 unspecified atom stereocenters. The van der Waals surface area contributed by atoms with Crippen LogP contribution in [0.25, 0.3) is 11.0 Å². The minimum atomic E-state index is 0.760. The summed E-state index contributed by atoms with van der Waals surface area (Å²) in [6, 6.07) is 0. The van der Waals surface area contributed by atoms with Crippen LogP contribution in [0.1, 0.15) is 25.1 Å². The first-order chi connectivity index (χ1) is 7.11. The lowest BCUT2D eigenvalue weighted by atomic mass is 10.2. The molecule has 0 aliphatic carbocycles. The molecule has 4 heteroatoms. The Balaban J connectivity index is 0.000000531. The van der Waals surface area contributed by atoms with Gasteiger partial charge in [0.1, 0.15) is 0 Å². The van der Waals surface area contributed by atoms with Crippen molar-refractivity contribution in [3.8, 4) is 0 Å². The van der Waals surface area contributed by atoms with E-state index >= 15 is 0 Å². The third kappa shape index (κ3) is 1.97. The van der Waals surface area contributed by atoms with Crippen LogP contribution in [0.15, 0.2) is 6.20 Å². The smallest absolute Gasteiger partial charge is 0.159 e. The van der Waals surface area contributed by atoms with E-state index in [-0.39, 0.29) is 0 Å². The van der Waals surface area contributed by atoms with E-state index in [0.717, 1.165) is 27.3 Å². The van der Waals surface area contributed by atoms with Gasteiger partial charge in [0.25, 0.3) is 0 Å². The highest BCUT2D eigenvalue weighted by atomic mass is 35.5. The van der Waals surface area contributed by atoms with Crippen molar-refractivity contribution in [2.45, 2.75) is 27.7 Å². The third-order valence-electron chi connectivity index (χ3n) is 2.14. The van der Waals surface area contributed by atoms with E-state index in [2.05, 4.69) is 10.1 Å². The van der Waals surface area contributed by atoms with Crippen molar-refractivity contribution in [2.24, 2.45) is 7.05 Å². The highest BCUT2D eigenvalue weighted by Gasteiger charge is 2.10. The van der Waals surface area contributed by atoms with Crippen LogP contribution in [0, 0.1) is 13.8 Å². The quantitative estimate of drug-likeness (QED) is 0.689. The summed E-state index contributed by atoms with van der Waals surface area (Å²) in [5, 5.41) is 5.98. The zero-order chi connectivity index (χ0) is 11.6. The lowest BCUT2D eigenvalue weighted by Crippen LogP contribution is -1.91. The third-order valence-corrected chi connectivity index (χ3v) is 2.63. The molecular formula is C11H16ClN3. The Morgan fingerprint density at radius 2 is 1.87 bits per heavy atom. The van der Waals surface area contributed by atoms with E-state index in [0.29, 0.717) is 0 Å². The standard InChI is InChI=1S/C9H10ClN3.C2H6/c1-5-4-11-9-7(8(5)10)6(2)12-13(9)3;1-2/h4H,1-3H3;1-2H3. The molecule has 0 bridgehead atoms.